The molecule has 10 nitrogen and oxygen atoms in total. The van der Waals surface area contributed by atoms with Gasteiger partial charge in [0, 0.05) is 38.8 Å². The van der Waals surface area contributed by atoms with Gasteiger partial charge < -0.3 is 19.8 Å². The number of methoxy groups -OCH3 is 1. The van der Waals surface area contributed by atoms with Crippen molar-refractivity contribution in [1.82, 2.24) is 19.3 Å². The third-order valence-electron chi connectivity index (χ3n) is 5.64. The van der Waals surface area contributed by atoms with Crippen molar-refractivity contribution in [2.24, 2.45) is 11.7 Å². The molecule has 0 saturated heterocycles. The molecule has 0 unspecified atom stereocenters. The largest absolute Gasteiger partial charge is 0.491 e. The van der Waals surface area contributed by atoms with Crippen molar-refractivity contribution in [3.8, 4) is 5.75 Å². The quantitative estimate of drug-likeness (QED) is 0.429. The second-order valence-corrected chi connectivity index (χ2v) is 8.33. The normalized spacial score (nSPS) is 13.4. The summed E-state index contributed by atoms with van der Waals surface area (Å²) in [5.74, 6) is 0.580. The lowest BCUT2D eigenvalue weighted by atomic mass is 10.1. The van der Waals surface area contributed by atoms with Gasteiger partial charge in [0.1, 0.15) is 17.0 Å². The summed E-state index contributed by atoms with van der Waals surface area (Å²) < 4.78 is 14.8. The zero-order valence-electron chi connectivity index (χ0n) is 19.3. The van der Waals surface area contributed by atoms with Crippen molar-refractivity contribution in [3.63, 3.8) is 0 Å². The number of aromatic nitrogens is 4. The fraction of sp³-hybridized carbons (Fsp3) is 0.478. The van der Waals surface area contributed by atoms with Crippen molar-refractivity contribution in [2.45, 2.75) is 46.2 Å². The van der Waals surface area contributed by atoms with E-state index >= 15 is 0 Å². The van der Waals surface area contributed by atoms with Gasteiger partial charge in [-0.15, -0.1) is 0 Å². The average Bonchev–Trinajstić information content (AvgIpc) is 3.43. The number of imidazole rings is 1. The first-order chi connectivity index (χ1) is 15.9. The van der Waals surface area contributed by atoms with Crippen LogP contribution in [0.2, 0.25) is 0 Å². The molecule has 3 aromatic rings. The number of primary amides is 1. The van der Waals surface area contributed by atoms with Gasteiger partial charge in [0.15, 0.2) is 0 Å². The third kappa shape index (κ3) is 5.00. The number of benzene rings is 1. The Bertz CT molecular complexity index is 1180. The fourth-order valence-corrected chi connectivity index (χ4v) is 3.83. The maximum Gasteiger partial charge on any atom is 0.276 e. The van der Waals surface area contributed by atoms with E-state index in [9.17, 15) is 9.59 Å². The van der Waals surface area contributed by atoms with E-state index in [2.05, 4.69) is 15.4 Å². The molecule has 1 aliphatic rings. The van der Waals surface area contributed by atoms with Gasteiger partial charge in [-0.25, -0.2) is 4.98 Å². The highest BCUT2D eigenvalue weighted by atomic mass is 16.5. The van der Waals surface area contributed by atoms with Crippen molar-refractivity contribution in [2.75, 3.05) is 25.6 Å². The van der Waals surface area contributed by atoms with Crippen LogP contribution in [0.5, 0.6) is 5.75 Å². The predicted molar refractivity (Wildman–Crippen MR) is 124 cm³/mol. The van der Waals surface area contributed by atoms with Crippen LogP contribution in [-0.2, 0) is 17.8 Å². The Morgan fingerprint density at radius 3 is 2.70 bits per heavy atom. The molecule has 0 bridgehead atoms. The molecule has 0 aliphatic heterocycles. The maximum atomic E-state index is 13.1. The zero-order valence-corrected chi connectivity index (χ0v) is 19.3. The summed E-state index contributed by atoms with van der Waals surface area (Å²) in [5, 5.41) is 7.31. The van der Waals surface area contributed by atoms with E-state index in [4.69, 9.17) is 15.2 Å². The number of amides is 2. The number of carbonyl (C=O) groups is 2. The smallest absolute Gasteiger partial charge is 0.276 e. The summed E-state index contributed by atoms with van der Waals surface area (Å²) in [6, 6.07) is 5.03. The van der Waals surface area contributed by atoms with E-state index in [1.165, 1.54) is 0 Å². The second-order valence-electron chi connectivity index (χ2n) is 8.33. The molecule has 0 atom stereocenters. The molecule has 176 valence electrons. The van der Waals surface area contributed by atoms with E-state index in [0.29, 0.717) is 67.1 Å². The zero-order chi connectivity index (χ0) is 23.5. The van der Waals surface area contributed by atoms with Crippen molar-refractivity contribution >= 4 is 28.8 Å². The minimum absolute atomic E-state index is 0.289. The highest BCUT2D eigenvalue weighted by molar-refractivity contribution is 6.04. The van der Waals surface area contributed by atoms with Gasteiger partial charge in [0.05, 0.1) is 17.8 Å². The minimum Gasteiger partial charge on any atom is -0.491 e. The standard InChI is InChI=1S/C23H30N6O4/c1-4-29-18(10-14(2)27-29)22(31)26-23-25-17-11-16(21(24)30)12-19(33-9-5-8-32-3)20(17)28(23)13-15-6-7-15/h10-12,15H,4-9,13H2,1-3H3,(H2,24,30)(H,25,26,31). The summed E-state index contributed by atoms with van der Waals surface area (Å²) in [4.78, 5) is 29.7. The lowest BCUT2D eigenvalue weighted by molar-refractivity contribution is 0.0995. The summed E-state index contributed by atoms with van der Waals surface area (Å²) >= 11 is 0. The molecule has 2 aromatic heterocycles. The molecule has 1 aliphatic carbocycles. The lowest BCUT2D eigenvalue weighted by Gasteiger charge is -2.13. The number of nitrogens with zero attached hydrogens (tertiary/aromatic N) is 4. The molecule has 1 saturated carbocycles. The molecular weight excluding hydrogens is 424 g/mol. The monoisotopic (exact) mass is 454 g/mol. The van der Waals surface area contributed by atoms with Gasteiger partial charge in [-0.1, -0.05) is 0 Å². The third-order valence-corrected chi connectivity index (χ3v) is 5.64. The number of carbonyl (C=O) groups excluding carboxylic acids is 2. The van der Waals surface area contributed by atoms with Crippen molar-refractivity contribution < 1.29 is 19.1 Å². The molecule has 10 heteroatoms. The number of nitrogens with one attached hydrogen (secondary N) is 1. The van der Waals surface area contributed by atoms with E-state index in [0.717, 1.165) is 24.1 Å². The fourth-order valence-electron chi connectivity index (χ4n) is 3.83. The first-order valence-corrected chi connectivity index (χ1v) is 11.2. The van der Waals surface area contributed by atoms with Crippen LogP contribution in [-0.4, -0.2) is 51.5 Å². The average molecular weight is 455 g/mol. The summed E-state index contributed by atoms with van der Waals surface area (Å²) in [6.45, 7) is 6.04. The van der Waals surface area contributed by atoms with Crippen LogP contribution in [0.4, 0.5) is 5.95 Å². The van der Waals surface area contributed by atoms with Crippen LogP contribution in [0.25, 0.3) is 11.0 Å². The Morgan fingerprint density at radius 2 is 2.03 bits per heavy atom. The van der Waals surface area contributed by atoms with Gasteiger partial charge in [0.25, 0.3) is 5.91 Å². The number of rotatable bonds is 11. The first kappa shape index (κ1) is 22.8. The molecule has 4 rings (SSSR count). The SMILES string of the molecule is CCn1nc(C)cc1C(=O)Nc1nc2cc(C(N)=O)cc(OCCCOC)c2n1CC1CC1. The molecule has 2 heterocycles. The van der Waals surface area contributed by atoms with Crippen LogP contribution in [0.15, 0.2) is 18.2 Å². The van der Waals surface area contributed by atoms with E-state index < -0.39 is 5.91 Å². The van der Waals surface area contributed by atoms with Crippen LogP contribution >= 0.6 is 0 Å². The molecule has 0 spiro atoms. The van der Waals surface area contributed by atoms with Crippen LogP contribution in [0, 0.1) is 12.8 Å². The van der Waals surface area contributed by atoms with Crippen LogP contribution in [0.3, 0.4) is 0 Å². The van der Waals surface area contributed by atoms with E-state index in [1.807, 2.05) is 18.4 Å². The lowest BCUT2D eigenvalue weighted by Crippen LogP contribution is -2.20. The Morgan fingerprint density at radius 1 is 1.24 bits per heavy atom. The van der Waals surface area contributed by atoms with Crippen molar-refractivity contribution in [3.05, 3.63) is 35.2 Å². The highest BCUT2D eigenvalue weighted by Gasteiger charge is 2.27. The number of anilines is 1. The highest BCUT2D eigenvalue weighted by Crippen LogP contribution is 2.37. The van der Waals surface area contributed by atoms with E-state index in [-0.39, 0.29) is 5.91 Å². The molecule has 1 aromatic carbocycles. The Kier molecular flexibility index (Phi) is 6.64. The Labute approximate surface area is 192 Å². The van der Waals surface area contributed by atoms with Gasteiger partial charge in [-0.05, 0) is 50.8 Å². The van der Waals surface area contributed by atoms with Gasteiger partial charge in [-0.3, -0.25) is 19.6 Å². The number of aryl methyl sites for hydroxylation is 2. The molecule has 3 N–H and O–H groups in total. The Hall–Kier alpha value is -3.40. The summed E-state index contributed by atoms with van der Waals surface area (Å²) in [7, 11) is 1.64. The van der Waals surface area contributed by atoms with Gasteiger partial charge in [-0.2, -0.15) is 5.10 Å². The first-order valence-electron chi connectivity index (χ1n) is 11.2. The maximum absolute atomic E-state index is 13.1. The molecule has 33 heavy (non-hydrogen) atoms. The molecular formula is C23H30N6O4. The van der Waals surface area contributed by atoms with Crippen LogP contribution in [0.1, 0.15) is 52.7 Å². The minimum atomic E-state index is -0.566. The molecule has 0 radical (unpaired) electrons. The number of hydrogen-bond acceptors (Lipinski definition) is 6. The van der Waals surface area contributed by atoms with E-state index in [1.54, 1.807) is 30.0 Å². The number of hydrogen-bond donors (Lipinski definition) is 2. The number of fused-ring (bicyclic) bond motifs is 1. The number of nitrogens with two attached hydrogens (primary N) is 1. The van der Waals surface area contributed by atoms with Crippen LogP contribution < -0.4 is 15.8 Å². The van der Waals surface area contributed by atoms with Gasteiger partial charge >= 0.3 is 0 Å². The molecule has 1 fully saturated rings. The summed E-state index contributed by atoms with van der Waals surface area (Å²) in [5.41, 5.74) is 8.37. The Balaban J connectivity index is 1.75. The predicted octanol–water partition coefficient (Wildman–Crippen LogP) is 2.74. The summed E-state index contributed by atoms with van der Waals surface area (Å²) in [6.07, 6.45) is 2.94. The van der Waals surface area contributed by atoms with Gasteiger partial charge in [0.2, 0.25) is 11.9 Å². The number of ether oxygens (including phenoxy) is 2. The topological polar surface area (TPSA) is 126 Å². The second kappa shape index (κ2) is 9.62. The van der Waals surface area contributed by atoms with Crippen molar-refractivity contribution in [1.29, 1.82) is 0 Å². The molecule has 2 amide bonds.